The van der Waals surface area contributed by atoms with Crippen molar-refractivity contribution in [3.05, 3.63) is 53.2 Å². The Morgan fingerprint density at radius 2 is 1.91 bits per heavy atom. The normalized spacial score (nSPS) is 27.2. The predicted molar refractivity (Wildman–Crippen MR) is 153 cm³/mol. The quantitative estimate of drug-likeness (QED) is 0.352. The van der Waals surface area contributed by atoms with Crippen molar-refractivity contribution in [1.29, 1.82) is 0 Å². The molecule has 3 N–H and O–H groups in total. The number of alkyl halides is 2. The van der Waals surface area contributed by atoms with E-state index in [1.807, 2.05) is 17.0 Å². The third-order valence-corrected chi connectivity index (χ3v) is 10.4. The van der Waals surface area contributed by atoms with Gasteiger partial charge in [-0.05, 0) is 24.5 Å². The summed E-state index contributed by atoms with van der Waals surface area (Å²) in [5, 5.41) is 16.4. The summed E-state index contributed by atoms with van der Waals surface area (Å²) in [5.74, 6) is -4.24. The number of hydrogen-bond donors (Lipinski definition) is 3. The molecule has 0 spiro atoms. The van der Waals surface area contributed by atoms with Gasteiger partial charge in [-0.3, -0.25) is 34.3 Å². The number of aromatic nitrogens is 5. The molecule has 1 saturated carbocycles. The number of amides is 4. The molecular weight excluding hydrogens is 588 g/mol. The van der Waals surface area contributed by atoms with Gasteiger partial charge in [-0.25, -0.2) is 13.8 Å². The number of rotatable bonds is 6. The molecule has 0 aromatic carbocycles. The number of fused-ring (bicyclic) bond motifs is 2. The van der Waals surface area contributed by atoms with Crippen LogP contribution in [0.25, 0.3) is 0 Å². The van der Waals surface area contributed by atoms with Gasteiger partial charge in [0.2, 0.25) is 17.7 Å². The number of halogens is 2. The van der Waals surface area contributed by atoms with Gasteiger partial charge in [-0.2, -0.15) is 10.2 Å². The molecule has 3 aromatic heterocycles. The Morgan fingerprint density at radius 1 is 1.11 bits per heavy atom. The molecular formula is C30H31F2N9O4. The van der Waals surface area contributed by atoms with Crippen molar-refractivity contribution >= 4 is 35.1 Å². The fourth-order valence-corrected chi connectivity index (χ4v) is 7.27. The number of nitrogens with zero attached hydrogens (tertiary/aromatic N) is 6. The van der Waals surface area contributed by atoms with Crippen LogP contribution >= 0.6 is 0 Å². The van der Waals surface area contributed by atoms with Gasteiger partial charge >= 0.3 is 0 Å². The third-order valence-electron chi connectivity index (χ3n) is 10.4. The number of aromatic amines is 1. The smallest absolute Gasteiger partial charge is 0.276 e. The minimum Gasteiger partial charge on any atom is -0.355 e. The number of piperidine rings is 1. The van der Waals surface area contributed by atoms with Crippen LogP contribution in [0.1, 0.15) is 59.0 Å². The molecule has 13 nitrogen and oxygen atoms in total. The highest BCUT2D eigenvalue weighted by atomic mass is 19.3. The number of nitrogens with one attached hydrogen (secondary N) is 3. The van der Waals surface area contributed by atoms with E-state index in [9.17, 15) is 28.0 Å². The third kappa shape index (κ3) is 4.34. The van der Waals surface area contributed by atoms with Gasteiger partial charge in [-0.1, -0.05) is 13.0 Å². The van der Waals surface area contributed by atoms with Crippen molar-refractivity contribution in [2.45, 2.75) is 50.5 Å². The Kier molecular flexibility index (Phi) is 5.97. The van der Waals surface area contributed by atoms with Crippen molar-refractivity contribution in [3.63, 3.8) is 0 Å². The number of carbonyl (C=O) groups is 4. The van der Waals surface area contributed by atoms with Crippen LogP contribution < -0.4 is 15.5 Å². The van der Waals surface area contributed by atoms with Crippen LogP contribution in [0, 0.1) is 17.3 Å². The maximum absolute atomic E-state index is 14.3. The zero-order valence-corrected chi connectivity index (χ0v) is 24.4. The average Bonchev–Trinajstić information content (AvgIpc) is 3.37. The number of pyridine rings is 1. The van der Waals surface area contributed by atoms with Crippen molar-refractivity contribution in [2.24, 2.45) is 17.3 Å². The zero-order chi connectivity index (χ0) is 31.2. The van der Waals surface area contributed by atoms with Crippen molar-refractivity contribution in [2.75, 3.05) is 36.4 Å². The molecule has 8 rings (SSSR count). The molecule has 4 fully saturated rings. The van der Waals surface area contributed by atoms with E-state index in [0.29, 0.717) is 56.0 Å². The first-order valence-electron chi connectivity index (χ1n) is 15.1. The van der Waals surface area contributed by atoms with Crippen LogP contribution in [0.15, 0.2) is 30.7 Å². The number of imide groups is 1. The predicted octanol–water partition coefficient (Wildman–Crippen LogP) is 1.66. The lowest BCUT2D eigenvalue weighted by molar-refractivity contribution is -0.142. The Balaban J connectivity index is 0.813. The minimum absolute atomic E-state index is 0.0230. The molecule has 2 aliphatic carbocycles. The van der Waals surface area contributed by atoms with Crippen LogP contribution in [0.2, 0.25) is 0 Å². The highest BCUT2D eigenvalue weighted by molar-refractivity contribution is 6.04. The van der Waals surface area contributed by atoms with E-state index < -0.39 is 23.2 Å². The second-order valence-electron chi connectivity index (χ2n) is 13.1. The highest BCUT2D eigenvalue weighted by Gasteiger charge is 2.78. The molecule has 0 radical (unpaired) electrons. The van der Waals surface area contributed by atoms with Gasteiger partial charge < -0.3 is 15.1 Å². The highest BCUT2D eigenvalue weighted by Crippen LogP contribution is 2.70. The number of likely N-dealkylation sites (tertiary alicyclic amines) is 1. The van der Waals surface area contributed by atoms with E-state index in [4.69, 9.17) is 0 Å². The molecule has 3 aliphatic heterocycles. The van der Waals surface area contributed by atoms with Gasteiger partial charge in [0.1, 0.15) is 5.82 Å². The molecule has 3 atom stereocenters. The maximum atomic E-state index is 14.3. The molecule has 0 bridgehead atoms. The second-order valence-corrected chi connectivity index (χ2v) is 13.1. The van der Waals surface area contributed by atoms with Gasteiger partial charge in [0.15, 0.2) is 5.69 Å². The number of anilines is 2. The summed E-state index contributed by atoms with van der Waals surface area (Å²) in [6, 6.07) is 3.67. The lowest BCUT2D eigenvalue weighted by Gasteiger charge is -2.46. The SMILES string of the molecule is CC12Cc3[nH]nc(C(=O)Nc4cnn(C5CN(C(=O)C6CN(c7ccc(C8CCC(=O)NC8=O)cn7)C6)C5)c4)c3C[C@@H]1C2(F)F. The minimum atomic E-state index is -2.73. The lowest BCUT2D eigenvalue weighted by Crippen LogP contribution is -2.60. The molecule has 4 amide bonds. The first-order valence-corrected chi connectivity index (χ1v) is 15.1. The summed E-state index contributed by atoms with van der Waals surface area (Å²) in [6.07, 6.45) is 5.96. The van der Waals surface area contributed by atoms with Crippen LogP contribution in [0.3, 0.4) is 0 Å². The summed E-state index contributed by atoms with van der Waals surface area (Å²) in [4.78, 5) is 57.8. The van der Waals surface area contributed by atoms with Gasteiger partial charge in [0.25, 0.3) is 11.8 Å². The lowest BCUT2D eigenvalue weighted by atomic mass is 9.87. The van der Waals surface area contributed by atoms with Crippen molar-refractivity contribution < 1.29 is 28.0 Å². The van der Waals surface area contributed by atoms with E-state index in [1.165, 1.54) is 6.20 Å². The molecule has 3 saturated heterocycles. The Hall–Kier alpha value is -4.69. The molecule has 3 aromatic rings. The largest absolute Gasteiger partial charge is 0.355 e. The molecule has 15 heteroatoms. The number of carbonyl (C=O) groups excluding carboxylic acids is 4. The van der Waals surface area contributed by atoms with Crippen LogP contribution in [0.5, 0.6) is 0 Å². The Labute approximate surface area is 255 Å². The summed E-state index contributed by atoms with van der Waals surface area (Å²) < 4.78 is 30.2. The number of hydrogen-bond acceptors (Lipinski definition) is 8. The topological polar surface area (TPSA) is 158 Å². The standard InChI is InChI=1S/C30H31F2N9O4/c1-29-7-21-20(6-22(29)30(29,31)32)25(38-37-21)27(44)35-17-9-34-41(12-17)18-13-40(14-18)28(45)16-10-39(11-16)23-4-2-15(8-33-23)19-3-5-24(42)36-26(19)43/h2,4,8-9,12,16,18-19,22H,3,5-7,10-11,13-14H2,1H3,(H,35,44)(H,37,38)(H,36,42,43)/t19?,22-,29?/m0/s1. The van der Waals surface area contributed by atoms with Crippen molar-refractivity contribution in [1.82, 2.24) is 35.2 Å². The monoisotopic (exact) mass is 619 g/mol. The molecule has 5 aliphatic rings. The number of H-pyrrole nitrogens is 1. The average molecular weight is 620 g/mol. The summed E-state index contributed by atoms with van der Waals surface area (Å²) in [5.41, 5.74) is 1.45. The van der Waals surface area contributed by atoms with E-state index in [-0.39, 0.29) is 54.1 Å². The summed E-state index contributed by atoms with van der Waals surface area (Å²) >= 11 is 0. The van der Waals surface area contributed by atoms with E-state index in [0.717, 1.165) is 11.4 Å². The van der Waals surface area contributed by atoms with E-state index in [1.54, 1.807) is 28.9 Å². The Morgan fingerprint density at radius 3 is 2.64 bits per heavy atom. The van der Waals surface area contributed by atoms with Gasteiger partial charge in [0.05, 0.1) is 29.8 Å². The van der Waals surface area contributed by atoms with Crippen molar-refractivity contribution in [3.8, 4) is 0 Å². The maximum Gasteiger partial charge on any atom is 0.276 e. The van der Waals surface area contributed by atoms with Crippen LogP contribution in [0.4, 0.5) is 20.3 Å². The van der Waals surface area contributed by atoms with Gasteiger partial charge in [-0.15, -0.1) is 0 Å². The summed E-state index contributed by atoms with van der Waals surface area (Å²) in [7, 11) is 0. The molecule has 45 heavy (non-hydrogen) atoms. The second kappa shape index (κ2) is 9.65. The van der Waals surface area contributed by atoms with Crippen LogP contribution in [-0.2, 0) is 27.2 Å². The summed E-state index contributed by atoms with van der Waals surface area (Å²) in [6.45, 7) is 3.69. The Bertz CT molecular complexity index is 1740. The fraction of sp³-hybridized carbons (Fsp3) is 0.500. The van der Waals surface area contributed by atoms with Crippen LogP contribution in [-0.4, -0.2) is 85.6 Å². The van der Waals surface area contributed by atoms with Gasteiger partial charge in [0, 0.05) is 74.0 Å². The molecule has 234 valence electrons. The molecule has 2 unspecified atom stereocenters. The first kappa shape index (κ1) is 27.8. The van der Waals surface area contributed by atoms with E-state index in [2.05, 4.69) is 30.9 Å². The zero-order valence-electron chi connectivity index (χ0n) is 24.4. The van der Waals surface area contributed by atoms with E-state index >= 15 is 0 Å². The molecule has 6 heterocycles. The fourth-order valence-electron chi connectivity index (χ4n) is 7.27. The first-order chi connectivity index (χ1) is 21.5.